The Morgan fingerprint density at radius 1 is 1.36 bits per heavy atom. The maximum absolute atomic E-state index is 12.1. The fraction of sp³-hybridized carbons (Fsp3) is 0.467. The minimum Gasteiger partial charge on any atom is -0.368 e. The van der Waals surface area contributed by atoms with Gasteiger partial charge < -0.3 is 15.8 Å². The largest absolute Gasteiger partial charge is 0.368 e. The zero-order chi connectivity index (χ0) is 15.9. The van der Waals surface area contributed by atoms with Gasteiger partial charge in [-0.2, -0.15) is 0 Å². The molecule has 0 saturated carbocycles. The van der Waals surface area contributed by atoms with Gasteiger partial charge in [0, 0.05) is 17.3 Å². The van der Waals surface area contributed by atoms with Gasteiger partial charge in [0.1, 0.15) is 12.1 Å². The molecule has 2 amide bonds. The Labute approximate surface area is 131 Å². The second-order valence-corrected chi connectivity index (χ2v) is 6.69. The van der Waals surface area contributed by atoms with E-state index in [0.29, 0.717) is 17.9 Å². The molecule has 1 heterocycles. The van der Waals surface area contributed by atoms with E-state index in [9.17, 15) is 13.8 Å². The van der Waals surface area contributed by atoms with Crippen LogP contribution in [-0.4, -0.2) is 40.5 Å². The van der Waals surface area contributed by atoms with Crippen LogP contribution in [0.15, 0.2) is 35.2 Å². The van der Waals surface area contributed by atoms with E-state index in [1.165, 1.54) is 0 Å². The average molecular weight is 324 g/mol. The van der Waals surface area contributed by atoms with Crippen LogP contribution in [0.2, 0.25) is 0 Å². The van der Waals surface area contributed by atoms with Crippen molar-refractivity contribution in [3.8, 4) is 0 Å². The molecule has 1 aromatic carbocycles. The molecule has 1 aliphatic heterocycles. The monoisotopic (exact) mass is 324 g/mol. The van der Waals surface area contributed by atoms with Crippen LogP contribution in [-0.2, 0) is 25.1 Å². The number of hydrogen-bond acceptors (Lipinski definition) is 4. The van der Waals surface area contributed by atoms with E-state index in [2.05, 4.69) is 5.32 Å². The maximum atomic E-state index is 12.1. The zero-order valence-electron chi connectivity index (χ0n) is 12.2. The summed E-state index contributed by atoms with van der Waals surface area (Å²) >= 11 is 0. The summed E-state index contributed by atoms with van der Waals surface area (Å²) in [7, 11) is -1.23. The van der Waals surface area contributed by atoms with E-state index in [1.54, 1.807) is 24.3 Å². The van der Waals surface area contributed by atoms with Crippen LogP contribution in [0.5, 0.6) is 0 Å². The highest BCUT2D eigenvalue weighted by Crippen LogP contribution is 2.13. The third-order valence-corrected chi connectivity index (χ3v) is 4.88. The van der Waals surface area contributed by atoms with Crippen LogP contribution in [0.25, 0.3) is 0 Å². The molecule has 0 spiro atoms. The first-order chi connectivity index (χ1) is 10.6. The Balaban J connectivity index is 1.87. The summed E-state index contributed by atoms with van der Waals surface area (Å²) in [6, 6.07) is 8.15. The molecule has 1 aromatic rings. The first kappa shape index (κ1) is 16.6. The number of benzene rings is 1. The molecule has 2 rings (SSSR count). The highest BCUT2D eigenvalue weighted by molar-refractivity contribution is 7.85. The number of ether oxygens (including phenoxy) is 1. The summed E-state index contributed by atoms with van der Waals surface area (Å²) in [5.41, 5.74) is 5.32. The van der Waals surface area contributed by atoms with Crippen LogP contribution >= 0.6 is 0 Å². The number of primary amides is 1. The molecule has 0 unspecified atom stereocenters. The lowest BCUT2D eigenvalue weighted by Crippen LogP contribution is -2.48. The van der Waals surface area contributed by atoms with Crippen molar-refractivity contribution in [1.82, 2.24) is 5.32 Å². The van der Waals surface area contributed by atoms with Crippen molar-refractivity contribution in [2.24, 2.45) is 5.73 Å². The van der Waals surface area contributed by atoms with Crippen molar-refractivity contribution in [3.05, 3.63) is 30.3 Å². The highest BCUT2D eigenvalue weighted by Gasteiger charge is 2.27. The van der Waals surface area contributed by atoms with Crippen LogP contribution in [0.3, 0.4) is 0 Å². The second kappa shape index (κ2) is 8.05. The third kappa shape index (κ3) is 4.64. The minimum absolute atomic E-state index is 0.231. The molecular formula is C15H20N2O4S. The molecule has 6 nitrogen and oxygen atoms in total. The van der Waals surface area contributed by atoms with Gasteiger partial charge in [-0.25, -0.2) is 0 Å². The Morgan fingerprint density at radius 3 is 2.68 bits per heavy atom. The van der Waals surface area contributed by atoms with Crippen molar-refractivity contribution in [1.29, 1.82) is 0 Å². The molecule has 0 bridgehead atoms. The van der Waals surface area contributed by atoms with Crippen LogP contribution in [0.4, 0.5) is 0 Å². The zero-order valence-corrected chi connectivity index (χ0v) is 13.0. The average Bonchev–Trinajstić information content (AvgIpc) is 3.06. The second-order valence-electron chi connectivity index (χ2n) is 5.12. The van der Waals surface area contributed by atoms with Crippen molar-refractivity contribution in [2.75, 3.05) is 12.4 Å². The van der Waals surface area contributed by atoms with Crippen molar-refractivity contribution in [2.45, 2.75) is 36.3 Å². The van der Waals surface area contributed by atoms with E-state index < -0.39 is 28.9 Å². The number of nitrogens with one attached hydrogen (secondary N) is 1. The number of amides is 2. The van der Waals surface area contributed by atoms with Crippen molar-refractivity contribution >= 4 is 22.6 Å². The lowest BCUT2D eigenvalue weighted by atomic mass is 10.2. The van der Waals surface area contributed by atoms with Crippen molar-refractivity contribution < 1.29 is 18.5 Å². The molecule has 0 aromatic heterocycles. The summed E-state index contributed by atoms with van der Waals surface area (Å²) in [5.74, 6) is -0.702. The fourth-order valence-corrected chi connectivity index (χ4v) is 3.40. The molecular weight excluding hydrogens is 304 g/mol. The first-order valence-electron chi connectivity index (χ1n) is 7.22. The van der Waals surface area contributed by atoms with Gasteiger partial charge in [0.05, 0.1) is 10.8 Å². The summed E-state index contributed by atoms with van der Waals surface area (Å²) in [4.78, 5) is 24.1. The number of hydrogen-bond donors (Lipinski definition) is 2. The number of rotatable bonds is 7. The number of carbonyl (C=O) groups is 2. The molecule has 1 fully saturated rings. The van der Waals surface area contributed by atoms with Crippen molar-refractivity contribution in [3.63, 3.8) is 0 Å². The van der Waals surface area contributed by atoms with Gasteiger partial charge in [-0.15, -0.1) is 0 Å². The van der Waals surface area contributed by atoms with Gasteiger partial charge in [0.2, 0.25) is 11.8 Å². The molecule has 1 aliphatic rings. The Morgan fingerprint density at radius 2 is 2.09 bits per heavy atom. The summed E-state index contributed by atoms with van der Waals surface area (Å²) in [6.07, 6.45) is 1.20. The van der Waals surface area contributed by atoms with Gasteiger partial charge in [0.15, 0.2) is 0 Å². The normalized spacial score (nSPS) is 20.3. The molecule has 0 aliphatic carbocycles. The predicted molar refractivity (Wildman–Crippen MR) is 82.4 cm³/mol. The summed E-state index contributed by atoms with van der Waals surface area (Å²) in [6.45, 7) is 0.553. The topological polar surface area (TPSA) is 98.5 Å². The van der Waals surface area contributed by atoms with E-state index in [0.717, 1.165) is 6.42 Å². The predicted octanol–water partition coefficient (Wildman–Crippen LogP) is 0.333. The number of carbonyl (C=O) groups excluding carboxylic acids is 2. The third-order valence-electron chi connectivity index (χ3n) is 3.48. The molecule has 1 saturated heterocycles. The summed E-state index contributed by atoms with van der Waals surface area (Å²) < 4.78 is 17.4. The van der Waals surface area contributed by atoms with Gasteiger partial charge in [-0.3, -0.25) is 13.8 Å². The van der Waals surface area contributed by atoms with Gasteiger partial charge in [0.25, 0.3) is 0 Å². The summed E-state index contributed by atoms with van der Waals surface area (Å²) in [5, 5.41) is 2.59. The van der Waals surface area contributed by atoms with Gasteiger partial charge >= 0.3 is 0 Å². The molecule has 7 heteroatoms. The number of nitrogens with two attached hydrogens (primary N) is 1. The van der Waals surface area contributed by atoms with E-state index in [1.807, 2.05) is 6.07 Å². The SMILES string of the molecule is NC(=O)[C@H](CC[S@](=O)c1ccccc1)NC(=O)[C@H]1CCCO1. The fourth-order valence-electron chi connectivity index (χ4n) is 2.25. The van der Waals surface area contributed by atoms with Gasteiger partial charge in [-0.05, 0) is 31.4 Å². The van der Waals surface area contributed by atoms with E-state index in [4.69, 9.17) is 10.5 Å². The molecule has 120 valence electrons. The first-order valence-corrected chi connectivity index (χ1v) is 8.54. The minimum atomic E-state index is -1.23. The highest BCUT2D eigenvalue weighted by atomic mass is 32.2. The van der Waals surface area contributed by atoms with E-state index in [-0.39, 0.29) is 18.1 Å². The Hall–Kier alpha value is -1.73. The molecule has 3 N–H and O–H groups in total. The van der Waals surface area contributed by atoms with Crippen LogP contribution in [0, 0.1) is 0 Å². The lowest BCUT2D eigenvalue weighted by Gasteiger charge is -2.17. The maximum Gasteiger partial charge on any atom is 0.249 e. The van der Waals surface area contributed by atoms with Crippen LogP contribution in [0.1, 0.15) is 19.3 Å². The molecule has 22 heavy (non-hydrogen) atoms. The lowest BCUT2D eigenvalue weighted by molar-refractivity contribution is -0.133. The molecule has 0 radical (unpaired) electrons. The van der Waals surface area contributed by atoms with E-state index >= 15 is 0 Å². The van der Waals surface area contributed by atoms with Crippen LogP contribution < -0.4 is 11.1 Å². The van der Waals surface area contributed by atoms with Gasteiger partial charge in [-0.1, -0.05) is 18.2 Å². The Kier molecular flexibility index (Phi) is 6.09. The smallest absolute Gasteiger partial charge is 0.249 e. The molecule has 3 atom stereocenters. The quantitative estimate of drug-likeness (QED) is 0.755. The standard InChI is InChI=1S/C15H20N2O4S/c16-14(18)12(17-15(19)13-7-4-9-21-13)8-10-22(20)11-5-2-1-3-6-11/h1-3,5-6,12-13H,4,7-10H2,(H2,16,18)(H,17,19)/t12-,13+,22-/m0/s1. The Bertz CT molecular complexity index is 544.